The summed E-state index contributed by atoms with van der Waals surface area (Å²) in [4.78, 5) is 15.2. The minimum absolute atomic E-state index is 0.205. The quantitative estimate of drug-likeness (QED) is 0.349. The van der Waals surface area contributed by atoms with Gasteiger partial charge in [-0.2, -0.15) is 4.98 Å². The highest BCUT2D eigenvalue weighted by molar-refractivity contribution is 5.87. The minimum atomic E-state index is 0.205. The summed E-state index contributed by atoms with van der Waals surface area (Å²) in [7, 11) is 1.73. The lowest BCUT2D eigenvalue weighted by atomic mass is 9.91. The summed E-state index contributed by atoms with van der Waals surface area (Å²) in [5.74, 6) is 3.80. The molecule has 2 saturated heterocycles. The topological polar surface area (TPSA) is 85.8 Å². The molecule has 2 fully saturated rings. The zero-order valence-electron chi connectivity index (χ0n) is 23.9. The zero-order valence-corrected chi connectivity index (χ0v) is 23.9. The first-order valence-corrected chi connectivity index (χ1v) is 14.2. The van der Waals surface area contributed by atoms with Gasteiger partial charge in [0.25, 0.3) is 5.78 Å². The van der Waals surface area contributed by atoms with Gasteiger partial charge in [-0.3, -0.25) is 4.90 Å². The maximum absolute atomic E-state index is 5.98. The van der Waals surface area contributed by atoms with E-state index in [9.17, 15) is 0 Å². The highest BCUT2D eigenvalue weighted by Gasteiger charge is 2.37. The van der Waals surface area contributed by atoms with Gasteiger partial charge in [-0.05, 0) is 57.2 Å². The summed E-state index contributed by atoms with van der Waals surface area (Å²) >= 11 is 0. The maximum atomic E-state index is 5.98. The number of benzene rings is 1. The van der Waals surface area contributed by atoms with E-state index in [2.05, 4.69) is 77.4 Å². The van der Waals surface area contributed by atoms with Gasteiger partial charge in [0.1, 0.15) is 23.4 Å². The SMILES string of the molecule is COc1cccc([C@@H](C(C)C)N2C[C@H](C)N(c3nc4nncn4c4c3nc(C)n4C[C@@H]3CCCO3)C[C@H]2C)c1. The molecule has 0 unspecified atom stereocenters. The van der Waals surface area contributed by atoms with E-state index in [-0.39, 0.29) is 12.1 Å². The van der Waals surface area contributed by atoms with Crippen LogP contribution in [0.3, 0.4) is 0 Å². The van der Waals surface area contributed by atoms with Crippen molar-refractivity contribution >= 4 is 22.8 Å². The molecule has 10 nitrogen and oxygen atoms in total. The molecule has 5 heterocycles. The molecule has 0 N–H and O–H groups in total. The summed E-state index contributed by atoms with van der Waals surface area (Å²) in [6, 6.07) is 9.35. The van der Waals surface area contributed by atoms with Gasteiger partial charge >= 0.3 is 0 Å². The number of nitrogens with zero attached hydrogens (tertiary/aromatic N) is 8. The number of aromatic nitrogens is 6. The van der Waals surface area contributed by atoms with Crippen LogP contribution in [0.4, 0.5) is 5.82 Å². The van der Waals surface area contributed by atoms with Gasteiger partial charge in [-0.25, -0.2) is 9.38 Å². The van der Waals surface area contributed by atoms with E-state index < -0.39 is 0 Å². The molecule has 208 valence electrons. The van der Waals surface area contributed by atoms with Crippen LogP contribution in [0.5, 0.6) is 5.75 Å². The van der Waals surface area contributed by atoms with E-state index >= 15 is 0 Å². The smallest absolute Gasteiger partial charge is 0.258 e. The molecule has 4 aromatic rings. The first kappa shape index (κ1) is 26.0. The lowest BCUT2D eigenvalue weighted by molar-refractivity contribution is 0.0820. The Balaban J connectivity index is 1.36. The number of aryl methyl sites for hydroxylation is 1. The van der Waals surface area contributed by atoms with Gasteiger partial charge in [0.05, 0.1) is 19.8 Å². The van der Waals surface area contributed by atoms with E-state index in [1.807, 2.05) is 10.5 Å². The summed E-state index contributed by atoms with van der Waals surface area (Å²) in [5, 5.41) is 8.55. The van der Waals surface area contributed by atoms with Crippen molar-refractivity contribution in [2.24, 2.45) is 5.92 Å². The molecule has 2 aliphatic rings. The molecular formula is C29H40N8O2. The molecule has 0 saturated carbocycles. The number of hydrogen-bond acceptors (Lipinski definition) is 8. The molecule has 6 rings (SSSR count). The van der Waals surface area contributed by atoms with Gasteiger partial charge in [0, 0.05) is 37.8 Å². The van der Waals surface area contributed by atoms with Crippen molar-refractivity contribution < 1.29 is 9.47 Å². The van der Waals surface area contributed by atoms with Gasteiger partial charge in [-0.1, -0.05) is 26.0 Å². The van der Waals surface area contributed by atoms with Crippen molar-refractivity contribution in [1.82, 2.24) is 34.0 Å². The Labute approximate surface area is 229 Å². The van der Waals surface area contributed by atoms with E-state index in [4.69, 9.17) is 19.4 Å². The standard InChI is InChI=1S/C29H40N8O2/c1-18(2)26(22-9-7-10-23(13-22)38-6)34-14-20(4)35(15-19(34)3)27-25-28(37-17-30-33-29(37)32-27)36(21(5)31-25)16-24-11-8-12-39-24/h7,9-10,13,17-20,24,26H,8,11-12,14-16H2,1-6H3/t19-,20+,24+,26-/m1/s1. The van der Waals surface area contributed by atoms with E-state index in [1.54, 1.807) is 13.4 Å². The van der Waals surface area contributed by atoms with Crippen LogP contribution in [-0.2, 0) is 11.3 Å². The van der Waals surface area contributed by atoms with Crippen LogP contribution >= 0.6 is 0 Å². The molecule has 3 aromatic heterocycles. The Morgan fingerprint density at radius 1 is 1.13 bits per heavy atom. The molecule has 10 heteroatoms. The Hall–Kier alpha value is -3.24. The lowest BCUT2D eigenvalue weighted by Gasteiger charge is -2.49. The molecule has 39 heavy (non-hydrogen) atoms. The van der Waals surface area contributed by atoms with Crippen molar-refractivity contribution in [2.45, 2.75) is 78.2 Å². The lowest BCUT2D eigenvalue weighted by Crippen LogP contribution is -2.58. The van der Waals surface area contributed by atoms with Crippen molar-refractivity contribution in [2.75, 3.05) is 31.7 Å². The minimum Gasteiger partial charge on any atom is -0.497 e. The number of anilines is 1. The van der Waals surface area contributed by atoms with Gasteiger partial charge in [0.15, 0.2) is 11.5 Å². The highest BCUT2D eigenvalue weighted by Crippen LogP contribution is 2.37. The first-order chi connectivity index (χ1) is 18.9. The fourth-order valence-corrected chi connectivity index (χ4v) is 6.58. The van der Waals surface area contributed by atoms with E-state index in [0.29, 0.717) is 23.8 Å². The average molecular weight is 533 g/mol. The monoisotopic (exact) mass is 532 g/mol. The molecule has 4 atom stereocenters. The van der Waals surface area contributed by atoms with Crippen LogP contribution in [0.2, 0.25) is 0 Å². The second-order valence-corrected chi connectivity index (χ2v) is 11.5. The molecule has 0 radical (unpaired) electrons. The fourth-order valence-electron chi connectivity index (χ4n) is 6.58. The molecular weight excluding hydrogens is 492 g/mol. The molecule has 0 aliphatic carbocycles. The number of piperazine rings is 1. The van der Waals surface area contributed by atoms with E-state index in [1.165, 1.54) is 5.56 Å². The highest BCUT2D eigenvalue weighted by atomic mass is 16.5. The van der Waals surface area contributed by atoms with Gasteiger partial charge in [0.2, 0.25) is 0 Å². The summed E-state index contributed by atoms with van der Waals surface area (Å²) in [5.41, 5.74) is 3.19. The number of fused-ring (bicyclic) bond motifs is 3. The van der Waals surface area contributed by atoms with Gasteiger partial charge < -0.3 is 18.9 Å². The fraction of sp³-hybridized carbons (Fsp3) is 0.586. The Morgan fingerprint density at radius 2 is 1.97 bits per heavy atom. The third-order valence-electron chi connectivity index (χ3n) is 8.45. The first-order valence-electron chi connectivity index (χ1n) is 14.2. The van der Waals surface area contributed by atoms with Crippen LogP contribution in [0.25, 0.3) is 16.9 Å². The number of ether oxygens (including phenoxy) is 2. The Morgan fingerprint density at radius 3 is 2.72 bits per heavy atom. The van der Waals surface area contributed by atoms with Crippen LogP contribution in [0, 0.1) is 12.8 Å². The Kier molecular flexibility index (Phi) is 6.93. The number of hydrogen-bond donors (Lipinski definition) is 0. The second-order valence-electron chi connectivity index (χ2n) is 11.5. The van der Waals surface area contributed by atoms with Crippen molar-refractivity contribution in [3.05, 3.63) is 42.0 Å². The van der Waals surface area contributed by atoms with Crippen LogP contribution in [-0.4, -0.2) is 79.0 Å². The van der Waals surface area contributed by atoms with Crippen molar-refractivity contribution in [3.63, 3.8) is 0 Å². The normalized spacial score (nSPS) is 23.4. The summed E-state index contributed by atoms with van der Waals surface area (Å²) in [6.45, 7) is 14.7. The van der Waals surface area contributed by atoms with E-state index in [0.717, 1.165) is 67.6 Å². The predicted octanol–water partition coefficient (Wildman–Crippen LogP) is 4.27. The third-order valence-corrected chi connectivity index (χ3v) is 8.45. The number of methoxy groups -OCH3 is 1. The van der Waals surface area contributed by atoms with Crippen LogP contribution in [0.1, 0.15) is 58.0 Å². The van der Waals surface area contributed by atoms with Crippen molar-refractivity contribution in [1.29, 1.82) is 0 Å². The van der Waals surface area contributed by atoms with Crippen LogP contribution in [0.15, 0.2) is 30.6 Å². The number of imidazole rings is 1. The number of rotatable bonds is 7. The molecule has 1 aromatic carbocycles. The predicted molar refractivity (Wildman–Crippen MR) is 151 cm³/mol. The van der Waals surface area contributed by atoms with Gasteiger partial charge in [-0.15, -0.1) is 10.2 Å². The average Bonchev–Trinajstić information content (AvgIpc) is 3.67. The molecule has 0 amide bonds. The largest absolute Gasteiger partial charge is 0.497 e. The zero-order chi connectivity index (χ0) is 27.3. The molecule has 0 bridgehead atoms. The summed E-state index contributed by atoms with van der Waals surface area (Å²) < 4.78 is 15.8. The second kappa shape index (κ2) is 10.4. The van der Waals surface area contributed by atoms with Crippen LogP contribution < -0.4 is 9.64 Å². The molecule has 2 aliphatic heterocycles. The summed E-state index contributed by atoms with van der Waals surface area (Å²) in [6.07, 6.45) is 4.13. The Bertz CT molecular complexity index is 1460. The van der Waals surface area contributed by atoms with Crippen molar-refractivity contribution in [3.8, 4) is 5.75 Å². The maximum Gasteiger partial charge on any atom is 0.258 e. The molecule has 0 spiro atoms. The third kappa shape index (κ3) is 4.63.